The van der Waals surface area contributed by atoms with E-state index in [4.69, 9.17) is 16.3 Å². The fraction of sp³-hybridized carbons (Fsp3) is 0.308. The molecule has 6 heteroatoms. The Labute approximate surface area is 192 Å². The Bertz CT molecular complexity index is 1260. The molecule has 1 aliphatic heterocycles. The number of carbonyl (C=O) groups is 1. The number of aromatic nitrogens is 2. The van der Waals surface area contributed by atoms with Crippen molar-refractivity contribution in [2.75, 3.05) is 26.2 Å². The van der Waals surface area contributed by atoms with Crippen LogP contribution in [0.1, 0.15) is 36.0 Å². The molecule has 4 aromatic rings. The zero-order chi connectivity index (χ0) is 21.9. The topological polar surface area (TPSA) is 47.4 Å². The van der Waals surface area contributed by atoms with Crippen molar-refractivity contribution >= 4 is 39.2 Å². The molecule has 0 N–H and O–H groups in total. The summed E-state index contributed by atoms with van der Waals surface area (Å²) in [6.07, 6.45) is 4.84. The van der Waals surface area contributed by atoms with Crippen molar-refractivity contribution in [2.45, 2.75) is 25.7 Å². The van der Waals surface area contributed by atoms with Crippen molar-refractivity contribution in [3.8, 4) is 5.88 Å². The number of halogens is 1. The Morgan fingerprint density at radius 2 is 1.78 bits per heavy atom. The first-order chi connectivity index (χ1) is 15.7. The van der Waals surface area contributed by atoms with Gasteiger partial charge in [-0.1, -0.05) is 54.4 Å². The van der Waals surface area contributed by atoms with Crippen LogP contribution in [0.2, 0.25) is 5.02 Å². The molecule has 1 fully saturated rings. The number of benzene rings is 3. The maximum Gasteiger partial charge on any atom is 0.279 e. The summed E-state index contributed by atoms with van der Waals surface area (Å²) in [5, 5.41) is 7.83. The van der Waals surface area contributed by atoms with Crippen LogP contribution in [-0.2, 0) is 0 Å². The van der Waals surface area contributed by atoms with Gasteiger partial charge in [-0.05, 0) is 67.4 Å². The van der Waals surface area contributed by atoms with Gasteiger partial charge >= 0.3 is 0 Å². The normalized spacial score (nSPS) is 14.8. The molecule has 0 aliphatic carbocycles. The van der Waals surface area contributed by atoms with Gasteiger partial charge in [-0.25, -0.2) is 0 Å². The van der Waals surface area contributed by atoms with Gasteiger partial charge in [-0.15, -0.1) is 5.10 Å². The molecule has 0 unspecified atom stereocenters. The molecule has 0 spiro atoms. The summed E-state index contributed by atoms with van der Waals surface area (Å²) in [6.45, 7) is 3.94. The molecule has 1 saturated heterocycles. The molecular weight excluding hydrogens is 422 g/mol. The van der Waals surface area contributed by atoms with Crippen LogP contribution in [0.5, 0.6) is 5.88 Å². The number of hydrogen-bond acceptors (Lipinski definition) is 4. The van der Waals surface area contributed by atoms with E-state index in [-0.39, 0.29) is 5.91 Å². The monoisotopic (exact) mass is 447 g/mol. The van der Waals surface area contributed by atoms with Crippen LogP contribution in [0.15, 0.2) is 60.7 Å². The summed E-state index contributed by atoms with van der Waals surface area (Å²) in [5.74, 6) is 0.279. The molecule has 2 heterocycles. The fourth-order valence-electron chi connectivity index (χ4n) is 4.49. The van der Waals surface area contributed by atoms with E-state index >= 15 is 0 Å². The number of rotatable bonds is 6. The lowest BCUT2D eigenvalue weighted by Crippen LogP contribution is -2.31. The van der Waals surface area contributed by atoms with E-state index in [0.717, 1.165) is 29.1 Å². The van der Waals surface area contributed by atoms with Crippen molar-refractivity contribution in [1.29, 1.82) is 0 Å². The van der Waals surface area contributed by atoms with Crippen molar-refractivity contribution in [2.24, 2.45) is 0 Å². The van der Waals surface area contributed by atoms with Gasteiger partial charge in [0.2, 0.25) is 5.88 Å². The first kappa shape index (κ1) is 21.0. The molecule has 3 aromatic carbocycles. The van der Waals surface area contributed by atoms with Crippen LogP contribution >= 0.6 is 11.6 Å². The SMILES string of the molecule is O=C(c1cccc2ccccc12)n1nc(OCCCN2CCCCC2)c2ccc(Cl)cc21. The summed E-state index contributed by atoms with van der Waals surface area (Å²) in [4.78, 5) is 16.0. The van der Waals surface area contributed by atoms with Crippen LogP contribution < -0.4 is 4.74 Å². The van der Waals surface area contributed by atoms with Gasteiger partial charge in [0, 0.05) is 17.1 Å². The zero-order valence-corrected chi connectivity index (χ0v) is 18.7. The summed E-state index contributed by atoms with van der Waals surface area (Å²) in [7, 11) is 0. The molecule has 5 rings (SSSR count). The quantitative estimate of drug-likeness (QED) is 0.351. The molecule has 1 aromatic heterocycles. The van der Waals surface area contributed by atoms with E-state index in [1.807, 2.05) is 48.5 Å². The van der Waals surface area contributed by atoms with Crippen molar-refractivity contribution < 1.29 is 9.53 Å². The molecule has 0 saturated carbocycles. The van der Waals surface area contributed by atoms with Crippen LogP contribution in [0, 0.1) is 0 Å². The maximum absolute atomic E-state index is 13.5. The minimum Gasteiger partial charge on any atom is -0.476 e. The molecule has 1 aliphatic rings. The number of carbonyl (C=O) groups excluding carboxylic acids is 1. The highest BCUT2D eigenvalue weighted by atomic mass is 35.5. The van der Waals surface area contributed by atoms with E-state index in [9.17, 15) is 4.79 Å². The predicted octanol–water partition coefficient (Wildman–Crippen LogP) is 5.79. The molecule has 32 heavy (non-hydrogen) atoms. The second kappa shape index (κ2) is 9.31. The number of fused-ring (bicyclic) bond motifs is 2. The van der Waals surface area contributed by atoms with E-state index in [0.29, 0.717) is 28.6 Å². The third-order valence-electron chi connectivity index (χ3n) is 6.13. The average Bonchev–Trinajstić information content (AvgIpc) is 3.19. The number of ether oxygens (including phenoxy) is 1. The number of hydrogen-bond donors (Lipinski definition) is 0. The van der Waals surface area contributed by atoms with Gasteiger partial charge in [-0.3, -0.25) is 4.79 Å². The Morgan fingerprint density at radius 1 is 0.969 bits per heavy atom. The highest BCUT2D eigenvalue weighted by molar-refractivity contribution is 6.31. The number of piperidine rings is 1. The van der Waals surface area contributed by atoms with E-state index in [1.165, 1.54) is 37.0 Å². The Kier molecular flexibility index (Phi) is 6.10. The minimum atomic E-state index is -0.197. The zero-order valence-electron chi connectivity index (χ0n) is 18.0. The van der Waals surface area contributed by atoms with Gasteiger partial charge in [0.05, 0.1) is 17.5 Å². The number of likely N-dealkylation sites (tertiary alicyclic amines) is 1. The van der Waals surface area contributed by atoms with Crippen LogP contribution in [0.4, 0.5) is 0 Å². The molecule has 164 valence electrons. The van der Waals surface area contributed by atoms with Crippen LogP contribution in [0.25, 0.3) is 21.7 Å². The van der Waals surface area contributed by atoms with E-state index in [2.05, 4.69) is 10.00 Å². The van der Waals surface area contributed by atoms with Gasteiger partial charge in [0.1, 0.15) is 0 Å². The fourth-order valence-corrected chi connectivity index (χ4v) is 4.65. The van der Waals surface area contributed by atoms with Gasteiger partial charge < -0.3 is 9.64 Å². The second-order valence-corrected chi connectivity index (χ2v) is 8.75. The second-order valence-electron chi connectivity index (χ2n) is 8.31. The predicted molar refractivity (Wildman–Crippen MR) is 129 cm³/mol. The van der Waals surface area contributed by atoms with Gasteiger partial charge in [0.15, 0.2) is 0 Å². The summed E-state index contributed by atoms with van der Waals surface area (Å²) in [6, 6.07) is 19.0. The molecule has 0 amide bonds. The van der Waals surface area contributed by atoms with Crippen LogP contribution in [0.3, 0.4) is 0 Å². The molecule has 0 atom stereocenters. The standard InChI is InChI=1S/C26H26ClN3O2/c27-20-12-13-23-24(18-20)30(26(31)22-11-6-9-19-8-2-3-10-21(19)22)28-25(23)32-17-7-16-29-14-4-1-5-15-29/h2-3,6,8-13,18H,1,4-5,7,14-17H2. The number of nitrogens with zero attached hydrogens (tertiary/aromatic N) is 3. The van der Waals surface area contributed by atoms with Crippen molar-refractivity contribution in [3.05, 3.63) is 71.2 Å². The maximum atomic E-state index is 13.5. The highest BCUT2D eigenvalue weighted by Crippen LogP contribution is 2.29. The third-order valence-corrected chi connectivity index (χ3v) is 6.36. The lowest BCUT2D eigenvalue weighted by Gasteiger charge is -2.26. The summed E-state index contributed by atoms with van der Waals surface area (Å²) in [5.41, 5.74) is 1.26. The van der Waals surface area contributed by atoms with E-state index < -0.39 is 0 Å². The summed E-state index contributed by atoms with van der Waals surface area (Å²) >= 11 is 6.26. The average molecular weight is 448 g/mol. The molecular formula is C26H26ClN3O2. The smallest absolute Gasteiger partial charge is 0.279 e. The Hall–Kier alpha value is -2.89. The van der Waals surface area contributed by atoms with Crippen molar-refractivity contribution in [3.63, 3.8) is 0 Å². The van der Waals surface area contributed by atoms with Crippen molar-refractivity contribution in [1.82, 2.24) is 14.7 Å². The third kappa shape index (κ3) is 4.23. The lowest BCUT2D eigenvalue weighted by atomic mass is 10.0. The molecule has 5 nitrogen and oxygen atoms in total. The minimum absolute atomic E-state index is 0.197. The summed E-state index contributed by atoms with van der Waals surface area (Å²) < 4.78 is 7.47. The Morgan fingerprint density at radius 3 is 2.66 bits per heavy atom. The van der Waals surface area contributed by atoms with Gasteiger partial charge in [0.25, 0.3) is 5.91 Å². The molecule has 0 radical (unpaired) electrons. The van der Waals surface area contributed by atoms with E-state index in [1.54, 1.807) is 12.1 Å². The first-order valence-corrected chi connectivity index (χ1v) is 11.6. The largest absolute Gasteiger partial charge is 0.476 e. The Balaban J connectivity index is 1.41. The molecule has 0 bridgehead atoms. The van der Waals surface area contributed by atoms with Gasteiger partial charge in [-0.2, -0.15) is 4.68 Å². The first-order valence-electron chi connectivity index (χ1n) is 11.3. The lowest BCUT2D eigenvalue weighted by molar-refractivity contribution is 0.0949. The van der Waals surface area contributed by atoms with Crippen LogP contribution in [-0.4, -0.2) is 46.8 Å². The highest BCUT2D eigenvalue weighted by Gasteiger charge is 2.20.